The Labute approximate surface area is 255 Å². The number of carbonyl (C=O) groups excluding carboxylic acids is 3. The first-order valence-corrected chi connectivity index (χ1v) is 14.2. The van der Waals surface area contributed by atoms with Crippen molar-refractivity contribution in [3.8, 4) is 28.4 Å². The van der Waals surface area contributed by atoms with E-state index >= 15 is 0 Å². The Hall–Kier alpha value is -4.77. The third-order valence-corrected chi connectivity index (χ3v) is 6.74. The van der Waals surface area contributed by atoms with Crippen molar-refractivity contribution in [1.82, 2.24) is 4.90 Å². The molecule has 1 aliphatic heterocycles. The van der Waals surface area contributed by atoms with E-state index in [-0.39, 0.29) is 30.6 Å². The number of rotatable bonds is 16. The summed E-state index contributed by atoms with van der Waals surface area (Å²) in [5, 5.41) is 18.5. The topological polar surface area (TPSA) is 132 Å². The van der Waals surface area contributed by atoms with E-state index in [1.807, 2.05) is 37.3 Å². The normalized spacial score (nSPS) is 13.2. The average molecular weight is 602 g/mol. The van der Waals surface area contributed by atoms with Crippen LogP contribution < -0.4 is 14.2 Å². The highest BCUT2D eigenvalue weighted by molar-refractivity contribution is 6.12. The molecule has 1 atom stereocenters. The quantitative estimate of drug-likeness (QED) is 0.0618. The maximum absolute atomic E-state index is 12.8. The number of ether oxygens (including phenoxy) is 4. The fourth-order valence-corrected chi connectivity index (χ4v) is 4.32. The van der Waals surface area contributed by atoms with Gasteiger partial charge in [-0.05, 0) is 78.6 Å². The van der Waals surface area contributed by atoms with E-state index in [0.717, 1.165) is 16.7 Å². The van der Waals surface area contributed by atoms with Gasteiger partial charge in [0.05, 0.1) is 32.0 Å². The van der Waals surface area contributed by atoms with Gasteiger partial charge in [-0.15, -0.1) is 0 Å². The number of hydrogen-bond donors (Lipinski definition) is 2. The summed E-state index contributed by atoms with van der Waals surface area (Å²) < 4.78 is 22.1. The van der Waals surface area contributed by atoms with Gasteiger partial charge in [0, 0.05) is 30.7 Å². The van der Waals surface area contributed by atoms with Crippen LogP contribution in [0.25, 0.3) is 11.1 Å². The van der Waals surface area contributed by atoms with Crippen LogP contribution in [-0.4, -0.2) is 72.2 Å². The molecular formula is C34H35NO9. The zero-order chi connectivity index (χ0) is 31.5. The van der Waals surface area contributed by atoms with Crippen molar-refractivity contribution >= 4 is 17.8 Å². The summed E-state index contributed by atoms with van der Waals surface area (Å²) in [4.78, 5) is 37.2. The summed E-state index contributed by atoms with van der Waals surface area (Å²) >= 11 is 0. The molecule has 4 rings (SSSR count). The van der Waals surface area contributed by atoms with Gasteiger partial charge in [-0.2, -0.15) is 0 Å². The van der Waals surface area contributed by atoms with E-state index in [1.165, 1.54) is 17.1 Å². The second-order valence-electron chi connectivity index (χ2n) is 10.0. The van der Waals surface area contributed by atoms with E-state index < -0.39 is 12.3 Å². The van der Waals surface area contributed by atoms with Crippen molar-refractivity contribution in [2.45, 2.75) is 26.1 Å². The van der Waals surface area contributed by atoms with Crippen LogP contribution in [0.4, 0.5) is 0 Å². The number of esters is 1. The van der Waals surface area contributed by atoms with E-state index in [0.29, 0.717) is 55.4 Å². The average Bonchev–Trinajstić information content (AvgIpc) is 3.35. The molecule has 1 unspecified atom stereocenters. The third kappa shape index (κ3) is 8.87. The van der Waals surface area contributed by atoms with Crippen molar-refractivity contribution in [2.24, 2.45) is 0 Å². The zero-order valence-corrected chi connectivity index (χ0v) is 24.4. The number of nitrogens with zero attached hydrogens (tertiary/aromatic N) is 1. The number of aliphatic hydroxyl groups excluding tert-OH is 2. The first-order valence-electron chi connectivity index (χ1n) is 14.2. The standard InChI is InChI=1S/C34H35NO9/c1-23-21-26(34(40)44-29-12-10-28(11-13-29)42-19-4-20-43-33(39)24(2)22-36)7-14-30(23)25-5-8-27(9-6-25)41-18-3-17-35-31(37)15-16-32(35)38/h5-16,21,33,36,39H,2-4,17-20,22H2,1H3. The molecule has 0 saturated carbocycles. The minimum Gasteiger partial charge on any atom is -0.494 e. The number of carbonyl (C=O) groups is 3. The van der Waals surface area contributed by atoms with Gasteiger partial charge in [-0.25, -0.2) is 4.79 Å². The summed E-state index contributed by atoms with van der Waals surface area (Å²) in [5.41, 5.74) is 3.44. The van der Waals surface area contributed by atoms with Crippen molar-refractivity contribution in [3.05, 3.63) is 102 Å². The largest absolute Gasteiger partial charge is 0.494 e. The van der Waals surface area contributed by atoms with Crippen LogP contribution >= 0.6 is 0 Å². The van der Waals surface area contributed by atoms with Crippen LogP contribution in [0.2, 0.25) is 0 Å². The van der Waals surface area contributed by atoms with Crippen molar-refractivity contribution < 1.29 is 43.5 Å². The smallest absolute Gasteiger partial charge is 0.343 e. The fourth-order valence-electron chi connectivity index (χ4n) is 4.32. The molecule has 0 aliphatic carbocycles. The van der Waals surface area contributed by atoms with Crippen LogP contribution in [0, 0.1) is 6.92 Å². The Morgan fingerprint density at radius 2 is 1.43 bits per heavy atom. The number of aliphatic hydroxyl groups is 2. The number of imide groups is 1. The molecule has 10 nitrogen and oxygen atoms in total. The summed E-state index contributed by atoms with van der Waals surface area (Å²) in [6, 6.07) is 19.6. The van der Waals surface area contributed by atoms with E-state index in [2.05, 4.69) is 6.58 Å². The molecule has 0 radical (unpaired) electrons. The highest BCUT2D eigenvalue weighted by atomic mass is 16.6. The summed E-state index contributed by atoms with van der Waals surface area (Å²) in [5.74, 6) is 0.573. The molecule has 1 aliphatic rings. The van der Waals surface area contributed by atoms with Crippen molar-refractivity contribution in [2.75, 3.05) is 33.0 Å². The molecule has 0 spiro atoms. The summed E-state index contributed by atoms with van der Waals surface area (Å²) in [6.45, 7) is 6.34. The van der Waals surface area contributed by atoms with Gasteiger partial charge < -0.3 is 29.2 Å². The number of benzene rings is 3. The van der Waals surface area contributed by atoms with Gasteiger partial charge in [-0.1, -0.05) is 24.8 Å². The molecule has 1 heterocycles. The lowest BCUT2D eigenvalue weighted by atomic mass is 9.98. The maximum atomic E-state index is 12.8. The van der Waals surface area contributed by atoms with Crippen LogP contribution in [0.5, 0.6) is 17.2 Å². The molecule has 3 aromatic carbocycles. The number of hydrogen-bond acceptors (Lipinski definition) is 9. The number of aryl methyl sites for hydroxylation is 1. The highest BCUT2D eigenvalue weighted by Crippen LogP contribution is 2.27. The molecule has 44 heavy (non-hydrogen) atoms. The minimum absolute atomic E-state index is 0.194. The Morgan fingerprint density at radius 3 is 2.05 bits per heavy atom. The van der Waals surface area contributed by atoms with Gasteiger partial charge in [0.1, 0.15) is 17.2 Å². The lowest BCUT2D eigenvalue weighted by Gasteiger charge is -2.14. The Bertz CT molecular complexity index is 1480. The van der Waals surface area contributed by atoms with Crippen molar-refractivity contribution in [3.63, 3.8) is 0 Å². The lowest BCUT2D eigenvalue weighted by molar-refractivity contribution is -0.136. The second-order valence-corrected chi connectivity index (χ2v) is 10.0. The lowest BCUT2D eigenvalue weighted by Crippen LogP contribution is -2.31. The Morgan fingerprint density at radius 1 is 0.841 bits per heavy atom. The number of amides is 2. The monoisotopic (exact) mass is 601 g/mol. The summed E-state index contributed by atoms with van der Waals surface area (Å²) in [7, 11) is 0. The molecule has 2 N–H and O–H groups in total. The van der Waals surface area contributed by atoms with Crippen LogP contribution in [0.3, 0.4) is 0 Å². The third-order valence-electron chi connectivity index (χ3n) is 6.74. The molecule has 2 amide bonds. The molecule has 3 aromatic rings. The van der Waals surface area contributed by atoms with E-state index in [9.17, 15) is 19.5 Å². The predicted octanol–water partition coefficient (Wildman–Crippen LogP) is 4.23. The molecule has 230 valence electrons. The fraction of sp³-hybridized carbons (Fsp3) is 0.265. The molecule has 0 aromatic heterocycles. The first-order chi connectivity index (χ1) is 21.2. The van der Waals surface area contributed by atoms with Crippen LogP contribution in [0.15, 0.2) is 91.0 Å². The second kappa shape index (κ2) is 15.6. The van der Waals surface area contributed by atoms with Gasteiger partial charge in [0.25, 0.3) is 11.8 Å². The molecule has 0 fully saturated rings. The predicted molar refractivity (Wildman–Crippen MR) is 162 cm³/mol. The van der Waals surface area contributed by atoms with Gasteiger partial charge in [0.2, 0.25) is 0 Å². The first kappa shape index (κ1) is 32.2. The maximum Gasteiger partial charge on any atom is 0.343 e. The highest BCUT2D eigenvalue weighted by Gasteiger charge is 2.22. The Balaban J connectivity index is 1.22. The zero-order valence-electron chi connectivity index (χ0n) is 24.4. The Kier molecular flexibility index (Phi) is 11.4. The van der Waals surface area contributed by atoms with Crippen LogP contribution in [0.1, 0.15) is 28.8 Å². The SMILES string of the molecule is C=C(CO)C(O)OCCCOc1ccc(OC(=O)c2ccc(-c3ccc(OCCCN4C(=O)C=CC4=O)cc3)c(C)c2)cc1. The molecule has 10 heteroatoms. The van der Waals surface area contributed by atoms with Crippen molar-refractivity contribution in [1.29, 1.82) is 0 Å². The minimum atomic E-state index is -1.20. The van der Waals surface area contributed by atoms with Gasteiger partial charge in [0.15, 0.2) is 6.29 Å². The van der Waals surface area contributed by atoms with Gasteiger partial charge in [-0.3, -0.25) is 14.5 Å². The van der Waals surface area contributed by atoms with Gasteiger partial charge >= 0.3 is 5.97 Å². The van der Waals surface area contributed by atoms with E-state index in [1.54, 1.807) is 36.4 Å². The molecule has 0 saturated heterocycles. The van der Waals surface area contributed by atoms with E-state index in [4.69, 9.17) is 24.1 Å². The summed E-state index contributed by atoms with van der Waals surface area (Å²) in [6.07, 6.45) is 2.39. The molecular weight excluding hydrogens is 566 g/mol. The molecule has 0 bridgehead atoms. The van der Waals surface area contributed by atoms with Crippen LogP contribution in [-0.2, 0) is 14.3 Å².